The zero-order valence-corrected chi connectivity index (χ0v) is 17.6. The second-order valence-corrected chi connectivity index (χ2v) is 8.75. The van der Waals surface area contributed by atoms with Gasteiger partial charge < -0.3 is 9.32 Å². The van der Waals surface area contributed by atoms with Crippen molar-refractivity contribution in [3.8, 4) is 0 Å². The van der Waals surface area contributed by atoms with Crippen LogP contribution in [0.25, 0.3) is 6.08 Å². The summed E-state index contributed by atoms with van der Waals surface area (Å²) in [4.78, 5) is 34.3. The summed E-state index contributed by atoms with van der Waals surface area (Å²) in [5.41, 5.74) is 1.02. The van der Waals surface area contributed by atoms with Crippen LogP contribution in [0.1, 0.15) is 43.6 Å². The first-order valence-electron chi connectivity index (χ1n) is 9.57. The number of thioether (sulfide) groups is 1. The molecule has 2 saturated heterocycles. The van der Waals surface area contributed by atoms with Gasteiger partial charge in [0.25, 0.3) is 5.91 Å². The Labute approximate surface area is 179 Å². The Morgan fingerprint density at radius 2 is 2.24 bits per heavy atom. The van der Waals surface area contributed by atoms with Crippen molar-refractivity contribution < 1.29 is 14.0 Å². The van der Waals surface area contributed by atoms with E-state index >= 15 is 0 Å². The normalized spacial score (nSPS) is 22.4. The molecule has 0 aromatic carbocycles. The molecule has 2 unspecified atom stereocenters. The number of hydrogen-bond donors (Lipinski definition) is 0. The highest BCUT2D eigenvalue weighted by Gasteiger charge is 2.41. The molecule has 0 spiro atoms. The van der Waals surface area contributed by atoms with E-state index in [-0.39, 0.29) is 17.9 Å². The Hall–Kier alpha value is -2.45. The molecule has 0 N–H and O–H groups in total. The maximum atomic E-state index is 13.4. The Bertz CT molecular complexity index is 943. The molecule has 0 aliphatic carbocycles. The Morgan fingerprint density at radius 3 is 2.97 bits per heavy atom. The van der Waals surface area contributed by atoms with Crippen molar-refractivity contribution >= 4 is 46.2 Å². The summed E-state index contributed by atoms with van der Waals surface area (Å²) in [6.45, 7) is 2.41. The summed E-state index contributed by atoms with van der Waals surface area (Å²) < 4.78 is 5.69. The molecule has 0 radical (unpaired) electrons. The Kier molecular flexibility index (Phi) is 5.82. The number of hydrogen-bond acceptors (Lipinski definition) is 6. The predicted octanol–water partition coefficient (Wildman–Crippen LogP) is 4.02. The van der Waals surface area contributed by atoms with Crippen molar-refractivity contribution in [3.05, 3.63) is 59.2 Å². The van der Waals surface area contributed by atoms with E-state index in [0.717, 1.165) is 24.8 Å². The van der Waals surface area contributed by atoms with Crippen LogP contribution in [0, 0.1) is 0 Å². The van der Waals surface area contributed by atoms with E-state index < -0.39 is 6.04 Å². The maximum Gasteiger partial charge on any atom is 0.267 e. The molecule has 2 fully saturated rings. The lowest BCUT2D eigenvalue weighted by Crippen LogP contribution is -2.51. The first kappa shape index (κ1) is 19.8. The van der Waals surface area contributed by atoms with Crippen LogP contribution in [0.15, 0.2) is 52.2 Å². The van der Waals surface area contributed by atoms with Gasteiger partial charge in [0.2, 0.25) is 5.91 Å². The van der Waals surface area contributed by atoms with E-state index in [1.165, 1.54) is 16.7 Å². The van der Waals surface area contributed by atoms with Crippen LogP contribution in [0.4, 0.5) is 0 Å². The Balaban J connectivity index is 1.55. The largest absolute Gasteiger partial charge is 0.465 e. The maximum absolute atomic E-state index is 13.4. The molecule has 2 aromatic rings. The van der Waals surface area contributed by atoms with Gasteiger partial charge in [-0.1, -0.05) is 30.0 Å². The van der Waals surface area contributed by atoms with Crippen molar-refractivity contribution in [1.82, 2.24) is 14.8 Å². The van der Waals surface area contributed by atoms with Crippen LogP contribution in [0.2, 0.25) is 0 Å². The van der Waals surface area contributed by atoms with Gasteiger partial charge in [0.05, 0.1) is 17.2 Å². The van der Waals surface area contributed by atoms with Crippen LogP contribution in [0.3, 0.4) is 0 Å². The van der Waals surface area contributed by atoms with Crippen molar-refractivity contribution in [2.75, 3.05) is 6.54 Å². The fourth-order valence-electron chi connectivity index (χ4n) is 3.78. The number of furan rings is 1. The zero-order valence-electron chi connectivity index (χ0n) is 16.0. The fourth-order valence-corrected chi connectivity index (χ4v) is 5.18. The van der Waals surface area contributed by atoms with Crippen molar-refractivity contribution in [3.63, 3.8) is 0 Å². The van der Waals surface area contributed by atoms with E-state index in [4.69, 9.17) is 16.6 Å². The second kappa shape index (κ2) is 8.51. The molecule has 0 saturated carbocycles. The number of nitrogens with zero attached hydrogens (tertiary/aromatic N) is 3. The highest BCUT2D eigenvalue weighted by Crippen LogP contribution is 2.36. The molecule has 8 heteroatoms. The van der Waals surface area contributed by atoms with Crippen molar-refractivity contribution in [2.45, 2.75) is 38.3 Å². The first-order chi connectivity index (χ1) is 14.1. The third-order valence-corrected chi connectivity index (χ3v) is 6.57. The van der Waals surface area contributed by atoms with Gasteiger partial charge in [-0.05, 0) is 49.9 Å². The summed E-state index contributed by atoms with van der Waals surface area (Å²) in [5.74, 6) is 0.235. The third kappa shape index (κ3) is 4.00. The molecule has 150 valence electrons. The molecule has 2 atom stereocenters. The zero-order chi connectivity index (χ0) is 20.4. The van der Waals surface area contributed by atoms with Gasteiger partial charge in [-0.3, -0.25) is 19.5 Å². The van der Waals surface area contributed by atoms with Crippen LogP contribution < -0.4 is 0 Å². The molecule has 0 bridgehead atoms. The average molecular weight is 428 g/mol. The summed E-state index contributed by atoms with van der Waals surface area (Å²) in [5, 5.41) is 0. The number of pyridine rings is 1. The van der Waals surface area contributed by atoms with Crippen molar-refractivity contribution in [1.29, 1.82) is 0 Å². The summed E-state index contributed by atoms with van der Waals surface area (Å²) >= 11 is 6.62. The molecular weight excluding hydrogens is 406 g/mol. The molecule has 29 heavy (non-hydrogen) atoms. The molecule has 2 aliphatic heterocycles. The Morgan fingerprint density at radius 1 is 1.38 bits per heavy atom. The second-order valence-electron chi connectivity index (χ2n) is 7.07. The van der Waals surface area contributed by atoms with Gasteiger partial charge in [-0.2, -0.15) is 0 Å². The van der Waals surface area contributed by atoms with Crippen LogP contribution in [-0.4, -0.2) is 43.5 Å². The minimum absolute atomic E-state index is 0.0236. The topological polar surface area (TPSA) is 66.7 Å². The van der Waals surface area contributed by atoms with Gasteiger partial charge in [0, 0.05) is 25.0 Å². The van der Waals surface area contributed by atoms with E-state index in [0.29, 0.717) is 21.5 Å². The standard InChI is InChI=1S/C21H21N3O3S2/c1-14(24-20(26)18(29-21(24)28)12-16-7-5-11-27-16)19(25)23-10-3-2-8-17(23)15-6-4-9-22-13-15/h4-7,9,11-14,17H,2-3,8,10H2,1H3/b18-12-. The van der Waals surface area contributed by atoms with Gasteiger partial charge in [0.15, 0.2) is 0 Å². The number of carbonyl (C=O) groups excluding carboxylic acids is 2. The van der Waals surface area contributed by atoms with Crippen LogP contribution >= 0.6 is 24.0 Å². The highest BCUT2D eigenvalue weighted by atomic mass is 32.2. The van der Waals surface area contributed by atoms with E-state index in [1.54, 1.807) is 37.6 Å². The number of rotatable bonds is 4. The molecule has 6 nitrogen and oxygen atoms in total. The lowest BCUT2D eigenvalue weighted by Gasteiger charge is -2.38. The smallest absolute Gasteiger partial charge is 0.267 e. The molecule has 4 rings (SSSR count). The number of amides is 2. The molecule has 4 heterocycles. The molecule has 2 aromatic heterocycles. The summed E-state index contributed by atoms with van der Waals surface area (Å²) in [6.07, 6.45) is 9.65. The van der Waals surface area contributed by atoms with Gasteiger partial charge >= 0.3 is 0 Å². The lowest BCUT2D eigenvalue weighted by atomic mass is 9.95. The first-order valence-corrected chi connectivity index (χ1v) is 10.8. The number of carbonyl (C=O) groups is 2. The van der Waals surface area contributed by atoms with E-state index in [2.05, 4.69) is 4.98 Å². The number of thiocarbonyl (C=S) groups is 1. The number of likely N-dealkylation sites (tertiary alicyclic amines) is 1. The van der Waals surface area contributed by atoms with Crippen molar-refractivity contribution in [2.24, 2.45) is 0 Å². The fraction of sp³-hybridized carbons (Fsp3) is 0.333. The predicted molar refractivity (Wildman–Crippen MR) is 116 cm³/mol. The van der Waals surface area contributed by atoms with Gasteiger partial charge in [-0.25, -0.2) is 0 Å². The van der Waals surface area contributed by atoms with E-state index in [1.807, 2.05) is 23.2 Å². The summed E-state index contributed by atoms with van der Waals surface area (Å²) in [7, 11) is 0. The minimum atomic E-state index is -0.665. The highest BCUT2D eigenvalue weighted by molar-refractivity contribution is 8.26. The quantitative estimate of drug-likeness (QED) is 0.542. The minimum Gasteiger partial charge on any atom is -0.465 e. The SMILES string of the molecule is CC(C(=O)N1CCCCC1c1cccnc1)N1C(=O)/C(=C/c2ccco2)SC1=S. The molecule has 2 amide bonds. The molecule has 2 aliphatic rings. The third-order valence-electron chi connectivity index (χ3n) is 5.24. The number of piperidine rings is 1. The summed E-state index contributed by atoms with van der Waals surface area (Å²) in [6, 6.07) is 6.73. The molecular formula is C21H21N3O3S2. The van der Waals surface area contributed by atoms with Gasteiger partial charge in [0.1, 0.15) is 16.1 Å². The average Bonchev–Trinajstić information content (AvgIpc) is 3.35. The van der Waals surface area contributed by atoms with Gasteiger partial charge in [-0.15, -0.1) is 0 Å². The monoisotopic (exact) mass is 427 g/mol. The van der Waals surface area contributed by atoms with Crippen LogP contribution in [0.5, 0.6) is 0 Å². The lowest BCUT2D eigenvalue weighted by molar-refractivity contribution is -0.142. The van der Waals surface area contributed by atoms with Crippen LogP contribution in [-0.2, 0) is 9.59 Å². The number of aromatic nitrogens is 1. The van der Waals surface area contributed by atoms with E-state index in [9.17, 15) is 9.59 Å².